The maximum absolute atomic E-state index is 13.8. The lowest BCUT2D eigenvalue weighted by molar-refractivity contribution is 0.131. The third-order valence-corrected chi connectivity index (χ3v) is 4.02. The van der Waals surface area contributed by atoms with E-state index in [-0.39, 0.29) is 11.7 Å². The van der Waals surface area contributed by atoms with Gasteiger partial charge >= 0.3 is 0 Å². The molecular formula is C16H20FN3O. The molecule has 1 aromatic heterocycles. The van der Waals surface area contributed by atoms with Crippen LogP contribution in [0.5, 0.6) is 0 Å². The lowest BCUT2D eigenvalue weighted by Crippen LogP contribution is -2.36. The van der Waals surface area contributed by atoms with Gasteiger partial charge in [-0.1, -0.05) is 18.2 Å². The van der Waals surface area contributed by atoms with Gasteiger partial charge in [0.2, 0.25) is 0 Å². The molecule has 0 radical (unpaired) electrons. The fraction of sp³-hybridized carbons (Fsp3) is 0.438. The van der Waals surface area contributed by atoms with E-state index in [0.29, 0.717) is 13.2 Å². The van der Waals surface area contributed by atoms with Gasteiger partial charge in [0.05, 0.1) is 18.6 Å². The van der Waals surface area contributed by atoms with E-state index in [9.17, 15) is 4.39 Å². The van der Waals surface area contributed by atoms with Crippen molar-refractivity contribution in [3.8, 4) is 0 Å². The summed E-state index contributed by atoms with van der Waals surface area (Å²) < 4.78 is 21.2. The van der Waals surface area contributed by atoms with E-state index in [1.54, 1.807) is 13.2 Å². The van der Waals surface area contributed by atoms with Gasteiger partial charge in [0, 0.05) is 51.0 Å². The zero-order chi connectivity index (χ0) is 14.8. The Bertz CT molecular complexity index is 626. The van der Waals surface area contributed by atoms with Crippen LogP contribution in [0.25, 0.3) is 0 Å². The van der Waals surface area contributed by atoms with Crippen molar-refractivity contribution in [2.75, 3.05) is 20.3 Å². The SMILES string of the molecule is COC[C@@H]1CN(Cc2ccccc2F)Cc2ncn(C)c21. The van der Waals surface area contributed by atoms with E-state index < -0.39 is 0 Å². The maximum atomic E-state index is 13.8. The summed E-state index contributed by atoms with van der Waals surface area (Å²) in [4.78, 5) is 6.71. The first kappa shape index (κ1) is 14.2. The van der Waals surface area contributed by atoms with E-state index in [4.69, 9.17) is 4.74 Å². The van der Waals surface area contributed by atoms with E-state index in [1.807, 2.05) is 25.5 Å². The fourth-order valence-electron chi connectivity index (χ4n) is 3.13. The first-order valence-corrected chi connectivity index (χ1v) is 7.14. The van der Waals surface area contributed by atoms with Crippen molar-refractivity contribution in [1.82, 2.24) is 14.5 Å². The summed E-state index contributed by atoms with van der Waals surface area (Å²) in [5, 5.41) is 0. The Balaban J connectivity index is 1.82. The normalized spacial score (nSPS) is 18.7. The highest BCUT2D eigenvalue weighted by Gasteiger charge is 2.29. The van der Waals surface area contributed by atoms with E-state index in [1.165, 1.54) is 11.8 Å². The molecule has 21 heavy (non-hydrogen) atoms. The lowest BCUT2D eigenvalue weighted by Gasteiger charge is -2.32. The van der Waals surface area contributed by atoms with Crippen molar-refractivity contribution in [3.05, 3.63) is 53.4 Å². The summed E-state index contributed by atoms with van der Waals surface area (Å²) in [7, 11) is 3.73. The predicted octanol–water partition coefficient (Wildman–Crippen LogP) is 2.31. The maximum Gasteiger partial charge on any atom is 0.127 e. The van der Waals surface area contributed by atoms with Gasteiger partial charge in [0.1, 0.15) is 5.82 Å². The number of halogens is 1. The molecule has 1 aliphatic heterocycles. The molecule has 0 fully saturated rings. The summed E-state index contributed by atoms with van der Waals surface area (Å²) in [6.45, 7) is 2.86. The molecule has 112 valence electrons. The minimum absolute atomic E-state index is 0.146. The molecule has 1 aliphatic rings. The number of benzene rings is 1. The van der Waals surface area contributed by atoms with Gasteiger partial charge in [0.15, 0.2) is 0 Å². The molecule has 0 saturated heterocycles. The smallest absolute Gasteiger partial charge is 0.127 e. The monoisotopic (exact) mass is 289 g/mol. The number of aromatic nitrogens is 2. The second-order valence-corrected chi connectivity index (χ2v) is 5.60. The van der Waals surface area contributed by atoms with Gasteiger partial charge in [0.25, 0.3) is 0 Å². The summed E-state index contributed by atoms with van der Waals surface area (Å²) >= 11 is 0. The molecular weight excluding hydrogens is 269 g/mol. The van der Waals surface area contributed by atoms with Gasteiger partial charge in [-0.2, -0.15) is 0 Å². The molecule has 1 atom stereocenters. The summed E-state index contributed by atoms with van der Waals surface area (Å²) in [5.74, 6) is 0.130. The van der Waals surface area contributed by atoms with Crippen molar-refractivity contribution in [2.24, 2.45) is 7.05 Å². The highest BCUT2D eigenvalue weighted by molar-refractivity contribution is 5.23. The molecule has 0 aliphatic carbocycles. The first-order valence-electron chi connectivity index (χ1n) is 7.14. The van der Waals surface area contributed by atoms with Crippen molar-refractivity contribution < 1.29 is 9.13 Å². The number of imidazole rings is 1. The van der Waals surface area contributed by atoms with Gasteiger partial charge < -0.3 is 9.30 Å². The molecule has 2 heterocycles. The zero-order valence-electron chi connectivity index (χ0n) is 12.4. The molecule has 3 rings (SSSR count). The number of fused-ring (bicyclic) bond motifs is 1. The molecule has 4 nitrogen and oxygen atoms in total. The standard InChI is InChI=1S/C16H20FN3O/c1-19-11-18-15-9-20(8-13(10-21-2)16(15)19)7-12-5-3-4-6-14(12)17/h3-6,11,13H,7-10H2,1-2H3/t13-/m0/s1. The zero-order valence-corrected chi connectivity index (χ0v) is 12.4. The minimum Gasteiger partial charge on any atom is -0.384 e. The highest BCUT2D eigenvalue weighted by atomic mass is 19.1. The van der Waals surface area contributed by atoms with Crippen LogP contribution >= 0.6 is 0 Å². The topological polar surface area (TPSA) is 30.3 Å². The van der Waals surface area contributed by atoms with Gasteiger partial charge in [-0.05, 0) is 6.07 Å². The molecule has 2 aromatic rings. The van der Waals surface area contributed by atoms with Crippen molar-refractivity contribution in [3.63, 3.8) is 0 Å². The number of methoxy groups -OCH3 is 1. The van der Waals surface area contributed by atoms with Crippen molar-refractivity contribution in [2.45, 2.75) is 19.0 Å². The molecule has 1 aromatic carbocycles. The first-order chi connectivity index (χ1) is 10.2. The largest absolute Gasteiger partial charge is 0.384 e. The Morgan fingerprint density at radius 1 is 1.38 bits per heavy atom. The molecule has 0 spiro atoms. The Kier molecular flexibility index (Phi) is 4.03. The fourth-order valence-corrected chi connectivity index (χ4v) is 3.13. The number of hydrogen-bond acceptors (Lipinski definition) is 3. The van der Waals surface area contributed by atoms with E-state index >= 15 is 0 Å². The third kappa shape index (κ3) is 2.84. The van der Waals surface area contributed by atoms with Crippen LogP contribution in [0.15, 0.2) is 30.6 Å². The van der Waals surface area contributed by atoms with Crippen LogP contribution in [-0.4, -0.2) is 34.7 Å². The lowest BCUT2D eigenvalue weighted by atomic mass is 9.98. The van der Waals surface area contributed by atoms with Crippen LogP contribution in [-0.2, 0) is 24.9 Å². The summed E-state index contributed by atoms with van der Waals surface area (Å²) in [6, 6.07) is 6.95. The van der Waals surface area contributed by atoms with Crippen molar-refractivity contribution in [1.29, 1.82) is 0 Å². The van der Waals surface area contributed by atoms with Crippen LogP contribution < -0.4 is 0 Å². The number of aryl methyl sites for hydroxylation is 1. The second kappa shape index (κ2) is 5.95. The number of nitrogens with zero attached hydrogens (tertiary/aromatic N) is 3. The average Bonchev–Trinajstić information content (AvgIpc) is 2.83. The van der Waals surface area contributed by atoms with Gasteiger partial charge in [-0.3, -0.25) is 4.90 Å². The Morgan fingerprint density at radius 3 is 2.95 bits per heavy atom. The Morgan fingerprint density at radius 2 is 2.19 bits per heavy atom. The third-order valence-electron chi connectivity index (χ3n) is 4.02. The number of ether oxygens (including phenoxy) is 1. The average molecular weight is 289 g/mol. The van der Waals surface area contributed by atoms with E-state index in [2.05, 4.69) is 14.5 Å². The highest BCUT2D eigenvalue weighted by Crippen LogP contribution is 2.28. The quantitative estimate of drug-likeness (QED) is 0.865. The van der Waals surface area contributed by atoms with Crippen molar-refractivity contribution >= 4 is 0 Å². The predicted molar refractivity (Wildman–Crippen MR) is 78.3 cm³/mol. The molecule has 0 amide bonds. The Hall–Kier alpha value is -1.72. The van der Waals surface area contributed by atoms with Gasteiger partial charge in [-0.15, -0.1) is 0 Å². The molecule has 5 heteroatoms. The molecule has 0 unspecified atom stereocenters. The van der Waals surface area contributed by atoms with E-state index in [0.717, 1.165) is 24.3 Å². The number of hydrogen-bond donors (Lipinski definition) is 0. The van der Waals surface area contributed by atoms with Crippen LogP contribution in [0.4, 0.5) is 4.39 Å². The summed E-state index contributed by atoms with van der Waals surface area (Å²) in [5.41, 5.74) is 3.04. The summed E-state index contributed by atoms with van der Waals surface area (Å²) in [6.07, 6.45) is 1.85. The van der Waals surface area contributed by atoms with Crippen LogP contribution in [0.1, 0.15) is 22.9 Å². The molecule has 0 N–H and O–H groups in total. The van der Waals surface area contributed by atoms with Crippen LogP contribution in [0.2, 0.25) is 0 Å². The second-order valence-electron chi connectivity index (χ2n) is 5.60. The Labute approximate surface area is 124 Å². The molecule has 0 bridgehead atoms. The number of rotatable bonds is 4. The minimum atomic E-state index is -0.146. The van der Waals surface area contributed by atoms with Crippen LogP contribution in [0.3, 0.4) is 0 Å². The van der Waals surface area contributed by atoms with Crippen LogP contribution in [0, 0.1) is 5.82 Å². The molecule has 0 saturated carbocycles. The van der Waals surface area contributed by atoms with Gasteiger partial charge in [-0.25, -0.2) is 9.37 Å².